The summed E-state index contributed by atoms with van der Waals surface area (Å²) in [6.07, 6.45) is 5.95. The third kappa shape index (κ3) is 4.79. The summed E-state index contributed by atoms with van der Waals surface area (Å²) in [5.41, 5.74) is 0.745. The molecule has 0 unspecified atom stereocenters. The van der Waals surface area contributed by atoms with Crippen molar-refractivity contribution in [3.63, 3.8) is 0 Å². The van der Waals surface area contributed by atoms with Crippen molar-refractivity contribution in [3.8, 4) is 0 Å². The summed E-state index contributed by atoms with van der Waals surface area (Å²) >= 11 is 0. The van der Waals surface area contributed by atoms with Gasteiger partial charge in [-0.1, -0.05) is 6.07 Å². The molecule has 2 N–H and O–H groups in total. The maximum Gasteiger partial charge on any atom is 0.302 e. The highest BCUT2D eigenvalue weighted by atomic mass is 35.5. The number of halogens is 4. The third-order valence-electron chi connectivity index (χ3n) is 5.06. The minimum atomic E-state index is -3.07. The number of anilines is 1. The Morgan fingerprint density at radius 1 is 1.14 bits per heavy atom. The summed E-state index contributed by atoms with van der Waals surface area (Å²) in [6, 6.07) is 4.64. The van der Waals surface area contributed by atoms with Crippen LogP contribution in [-0.4, -0.2) is 50.5 Å². The zero-order valence-electron chi connectivity index (χ0n) is 15.6. The molecule has 3 aromatic rings. The van der Waals surface area contributed by atoms with Crippen LogP contribution in [0.4, 0.5) is 19.0 Å². The SMILES string of the molecule is Cl.FCc1ccc(C(F)(F)CN2CCC(Nc3ncnc4[nH]ccc34)CC2)nc1. The quantitative estimate of drug-likeness (QED) is 0.625. The van der Waals surface area contributed by atoms with E-state index in [0.717, 1.165) is 29.7 Å². The molecule has 0 saturated carbocycles. The zero-order chi connectivity index (χ0) is 19.6. The summed E-state index contributed by atoms with van der Waals surface area (Å²) in [5.74, 6) is -2.31. The van der Waals surface area contributed by atoms with Crippen molar-refractivity contribution in [1.82, 2.24) is 24.8 Å². The Kier molecular flexibility index (Phi) is 6.59. The Bertz CT molecular complexity index is 925. The van der Waals surface area contributed by atoms with Crippen molar-refractivity contribution in [2.45, 2.75) is 31.5 Å². The Morgan fingerprint density at radius 3 is 2.62 bits per heavy atom. The highest BCUT2D eigenvalue weighted by Gasteiger charge is 2.36. The van der Waals surface area contributed by atoms with Crippen molar-refractivity contribution < 1.29 is 13.2 Å². The van der Waals surface area contributed by atoms with Gasteiger partial charge in [-0.2, -0.15) is 8.78 Å². The number of alkyl halides is 3. The van der Waals surface area contributed by atoms with E-state index < -0.39 is 19.1 Å². The summed E-state index contributed by atoms with van der Waals surface area (Å²) in [6.45, 7) is 0.00633. The molecule has 0 atom stereocenters. The maximum atomic E-state index is 14.5. The standard InChI is InChI=1S/C19H21F3N6.ClH/c20-9-13-1-2-16(24-10-13)19(21,22)11-28-7-4-14(5-8-28)27-18-15-3-6-23-17(15)25-12-26-18;/h1-3,6,10,12,14H,4-5,7-9,11H2,(H2,23,25,26,27);1H. The first-order valence-electron chi connectivity index (χ1n) is 9.21. The number of aromatic amines is 1. The molecule has 6 nitrogen and oxygen atoms in total. The van der Waals surface area contributed by atoms with Gasteiger partial charge in [-0.05, 0) is 25.0 Å². The monoisotopic (exact) mass is 426 g/mol. The molecule has 1 saturated heterocycles. The number of nitrogens with one attached hydrogen (secondary N) is 2. The van der Waals surface area contributed by atoms with Crippen LogP contribution in [0.3, 0.4) is 0 Å². The molecule has 29 heavy (non-hydrogen) atoms. The van der Waals surface area contributed by atoms with Gasteiger partial charge in [-0.3, -0.25) is 9.88 Å². The van der Waals surface area contributed by atoms with Gasteiger partial charge < -0.3 is 10.3 Å². The Balaban J connectivity index is 0.00000240. The summed E-state index contributed by atoms with van der Waals surface area (Å²) in [4.78, 5) is 17.0. The number of hydrogen-bond acceptors (Lipinski definition) is 5. The van der Waals surface area contributed by atoms with Crippen molar-refractivity contribution in [2.24, 2.45) is 0 Å². The molecule has 0 aliphatic carbocycles. The van der Waals surface area contributed by atoms with Crippen molar-refractivity contribution >= 4 is 29.3 Å². The minimum absolute atomic E-state index is 0. The molecule has 1 aliphatic heterocycles. The molecule has 156 valence electrons. The second kappa shape index (κ2) is 8.96. The number of aromatic nitrogens is 4. The van der Waals surface area contributed by atoms with Crippen LogP contribution in [-0.2, 0) is 12.6 Å². The van der Waals surface area contributed by atoms with Gasteiger partial charge in [0.2, 0.25) is 0 Å². The van der Waals surface area contributed by atoms with E-state index in [2.05, 4.69) is 25.3 Å². The number of fused-ring (bicyclic) bond motifs is 1. The molecule has 0 spiro atoms. The van der Waals surface area contributed by atoms with Gasteiger partial charge in [-0.25, -0.2) is 14.4 Å². The Hall–Kier alpha value is -2.39. The molecule has 0 aromatic carbocycles. The summed E-state index contributed by atoms with van der Waals surface area (Å²) < 4.78 is 41.6. The van der Waals surface area contributed by atoms with E-state index in [1.165, 1.54) is 24.7 Å². The highest BCUT2D eigenvalue weighted by molar-refractivity contribution is 5.86. The fraction of sp³-hybridized carbons (Fsp3) is 0.421. The molecule has 3 aromatic heterocycles. The van der Waals surface area contributed by atoms with E-state index in [0.29, 0.717) is 18.7 Å². The largest absolute Gasteiger partial charge is 0.367 e. The van der Waals surface area contributed by atoms with E-state index in [4.69, 9.17) is 0 Å². The fourth-order valence-corrected chi connectivity index (χ4v) is 3.50. The van der Waals surface area contributed by atoms with Gasteiger partial charge in [0.05, 0.1) is 11.9 Å². The van der Waals surface area contributed by atoms with Crippen LogP contribution < -0.4 is 5.32 Å². The number of likely N-dealkylation sites (tertiary alicyclic amines) is 1. The third-order valence-corrected chi connectivity index (χ3v) is 5.06. The van der Waals surface area contributed by atoms with Crippen LogP contribution in [0, 0.1) is 0 Å². The lowest BCUT2D eigenvalue weighted by atomic mass is 10.0. The van der Waals surface area contributed by atoms with Gasteiger partial charge in [0.1, 0.15) is 30.2 Å². The molecular weight excluding hydrogens is 405 g/mol. The normalized spacial score (nSPS) is 16.0. The first-order valence-corrected chi connectivity index (χ1v) is 9.21. The highest BCUT2D eigenvalue weighted by Crippen LogP contribution is 2.29. The number of nitrogens with zero attached hydrogens (tertiary/aromatic N) is 4. The minimum Gasteiger partial charge on any atom is -0.367 e. The number of piperidine rings is 1. The lowest BCUT2D eigenvalue weighted by molar-refractivity contribution is -0.0457. The molecule has 0 amide bonds. The van der Waals surface area contributed by atoms with Crippen LogP contribution in [0.5, 0.6) is 0 Å². The molecule has 1 fully saturated rings. The molecule has 4 rings (SSSR count). The van der Waals surface area contributed by atoms with E-state index >= 15 is 0 Å². The fourth-order valence-electron chi connectivity index (χ4n) is 3.50. The Labute approximate surface area is 172 Å². The van der Waals surface area contributed by atoms with E-state index in [1.807, 2.05) is 12.3 Å². The number of H-pyrrole nitrogens is 1. The van der Waals surface area contributed by atoms with E-state index in [-0.39, 0.29) is 24.1 Å². The predicted octanol–water partition coefficient (Wildman–Crippen LogP) is 3.91. The van der Waals surface area contributed by atoms with Gasteiger partial charge in [0.15, 0.2) is 0 Å². The average molecular weight is 427 g/mol. The topological polar surface area (TPSA) is 69.7 Å². The number of pyridine rings is 1. The summed E-state index contributed by atoms with van der Waals surface area (Å²) in [7, 11) is 0. The van der Waals surface area contributed by atoms with E-state index in [1.54, 1.807) is 4.90 Å². The van der Waals surface area contributed by atoms with E-state index in [9.17, 15) is 13.2 Å². The first-order chi connectivity index (χ1) is 13.5. The van der Waals surface area contributed by atoms with Gasteiger partial charge >= 0.3 is 5.92 Å². The van der Waals surface area contributed by atoms with Crippen molar-refractivity contribution in [2.75, 3.05) is 25.0 Å². The molecular formula is C19H22ClF3N6. The van der Waals surface area contributed by atoms with Gasteiger partial charge in [0.25, 0.3) is 0 Å². The molecule has 10 heteroatoms. The summed E-state index contributed by atoms with van der Waals surface area (Å²) in [5, 5.41) is 4.32. The molecule has 4 heterocycles. The Morgan fingerprint density at radius 2 is 1.93 bits per heavy atom. The first kappa shape index (κ1) is 21.3. The van der Waals surface area contributed by atoms with Crippen LogP contribution >= 0.6 is 12.4 Å². The second-order valence-electron chi connectivity index (χ2n) is 7.05. The lowest BCUT2D eigenvalue weighted by Crippen LogP contribution is -2.44. The predicted molar refractivity (Wildman–Crippen MR) is 107 cm³/mol. The smallest absolute Gasteiger partial charge is 0.302 e. The lowest BCUT2D eigenvalue weighted by Gasteiger charge is -2.34. The molecule has 1 aliphatic rings. The average Bonchev–Trinajstić information content (AvgIpc) is 3.19. The molecule has 0 bridgehead atoms. The zero-order valence-corrected chi connectivity index (χ0v) is 16.4. The van der Waals surface area contributed by atoms with Crippen LogP contribution in [0.2, 0.25) is 0 Å². The van der Waals surface area contributed by atoms with Crippen LogP contribution in [0.1, 0.15) is 24.1 Å². The van der Waals surface area contributed by atoms with Crippen molar-refractivity contribution in [1.29, 1.82) is 0 Å². The number of rotatable bonds is 6. The number of hydrogen-bond donors (Lipinski definition) is 2. The van der Waals surface area contributed by atoms with Crippen LogP contribution in [0.15, 0.2) is 36.9 Å². The second-order valence-corrected chi connectivity index (χ2v) is 7.05. The molecule has 0 radical (unpaired) electrons. The van der Waals surface area contributed by atoms with Crippen molar-refractivity contribution in [3.05, 3.63) is 48.2 Å². The maximum absolute atomic E-state index is 14.5. The van der Waals surface area contributed by atoms with Gasteiger partial charge in [-0.15, -0.1) is 12.4 Å². The van der Waals surface area contributed by atoms with Gasteiger partial charge in [0, 0.05) is 37.1 Å². The van der Waals surface area contributed by atoms with Crippen LogP contribution in [0.25, 0.3) is 11.0 Å².